The first-order valence-corrected chi connectivity index (χ1v) is 9.76. The van der Waals surface area contributed by atoms with Crippen molar-refractivity contribution in [3.8, 4) is 0 Å². The van der Waals surface area contributed by atoms with Gasteiger partial charge in [0.15, 0.2) is 0 Å². The van der Waals surface area contributed by atoms with E-state index >= 15 is 0 Å². The Labute approximate surface area is 139 Å². The third kappa shape index (κ3) is 4.54. The fourth-order valence-corrected chi connectivity index (χ4v) is 4.08. The highest BCUT2D eigenvalue weighted by Gasteiger charge is 2.29. The van der Waals surface area contributed by atoms with E-state index in [-0.39, 0.29) is 17.6 Å². The third-order valence-corrected chi connectivity index (χ3v) is 6.42. The molecule has 1 aliphatic heterocycles. The number of nitrogens with one attached hydrogen (secondary N) is 1. The molecule has 0 spiro atoms. The number of amides is 1. The number of piperidine rings is 1. The molecular formula is C17H26N2O3S. The van der Waals surface area contributed by atoms with Gasteiger partial charge < -0.3 is 5.32 Å². The highest BCUT2D eigenvalue weighted by molar-refractivity contribution is 7.89. The highest BCUT2D eigenvalue weighted by Crippen LogP contribution is 2.20. The second kappa shape index (κ2) is 7.45. The minimum Gasteiger partial charge on any atom is -0.352 e. The number of carbonyl (C=O) groups is 1. The zero-order valence-corrected chi connectivity index (χ0v) is 14.9. The van der Waals surface area contributed by atoms with Crippen LogP contribution in [0, 0.1) is 19.8 Å². The second-order valence-corrected chi connectivity index (χ2v) is 8.48. The van der Waals surface area contributed by atoms with Gasteiger partial charge in [0, 0.05) is 25.6 Å². The fraction of sp³-hybridized carbons (Fsp3) is 0.588. The molecule has 23 heavy (non-hydrogen) atoms. The van der Waals surface area contributed by atoms with Crippen LogP contribution in [0.4, 0.5) is 0 Å². The molecule has 0 radical (unpaired) electrons. The molecular weight excluding hydrogens is 312 g/mol. The number of aryl methyl sites for hydroxylation is 2. The van der Waals surface area contributed by atoms with E-state index in [1.165, 1.54) is 15.4 Å². The molecule has 1 aromatic carbocycles. The average molecular weight is 338 g/mol. The van der Waals surface area contributed by atoms with Gasteiger partial charge in [-0.2, -0.15) is 0 Å². The van der Waals surface area contributed by atoms with Crippen molar-refractivity contribution in [2.24, 2.45) is 5.92 Å². The molecule has 128 valence electrons. The molecule has 0 aromatic heterocycles. The van der Waals surface area contributed by atoms with Crippen molar-refractivity contribution in [1.82, 2.24) is 9.62 Å². The van der Waals surface area contributed by atoms with Crippen LogP contribution in [0.5, 0.6) is 0 Å². The summed E-state index contributed by atoms with van der Waals surface area (Å²) in [4.78, 5) is 12.3. The van der Waals surface area contributed by atoms with Gasteiger partial charge in [-0.3, -0.25) is 4.79 Å². The van der Waals surface area contributed by atoms with E-state index in [0.717, 1.165) is 5.56 Å². The summed E-state index contributed by atoms with van der Waals surface area (Å²) in [5.41, 5.74) is 3.51. The maximum atomic E-state index is 12.3. The maximum absolute atomic E-state index is 12.3. The lowest BCUT2D eigenvalue weighted by molar-refractivity contribution is -0.126. The molecule has 1 aromatic rings. The smallest absolute Gasteiger partial charge is 0.223 e. The van der Waals surface area contributed by atoms with E-state index in [9.17, 15) is 13.2 Å². The van der Waals surface area contributed by atoms with Crippen molar-refractivity contribution in [1.29, 1.82) is 0 Å². The molecule has 1 saturated heterocycles. The second-order valence-electron chi connectivity index (χ2n) is 6.22. The van der Waals surface area contributed by atoms with Gasteiger partial charge in [0.05, 0.1) is 5.75 Å². The molecule has 2 rings (SSSR count). The van der Waals surface area contributed by atoms with Crippen LogP contribution >= 0.6 is 0 Å². The van der Waals surface area contributed by atoms with Crippen molar-refractivity contribution >= 4 is 15.9 Å². The van der Waals surface area contributed by atoms with Crippen LogP contribution < -0.4 is 5.32 Å². The maximum Gasteiger partial charge on any atom is 0.223 e. The van der Waals surface area contributed by atoms with Crippen molar-refractivity contribution < 1.29 is 13.2 Å². The van der Waals surface area contributed by atoms with Crippen LogP contribution in [0.25, 0.3) is 0 Å². The molecule has 0 bridgehead atoms. The Morgan fingerprint density at radius 3 is 2.48 bits per heavy atom. The van der Waals surface area contributed by atoms with Gasteiger partial charge in [-0.15, -0.1) is 0 Å². The summed E-state index contributed by atoms with van der Waals surface area (Å²) in [6.07, 6.45) is 1.19. The van der Waals surface area contributed by atoms with E-state index in [1.54, 1.807) is 6.92 Å². The standard InChI is InChI=1S/C17H26N2O3S/c1-4-23(21,22)19-9-7-15(8-10-19)17(20)18-12-16-6-5-13(2)11-14(16)3/h5-6,11,15H,4,7-10,12H2,1-3H3,(H,18,20). The molecule has 6 heteroatoms. The van der Waals surface area contributed by atoms with Gasteiger partial charge in [-0.05, 0) is 44.7 Å². The number of sulfonamides is 1. The van der Waals surface area contributed by atoms with Crippen molar-refractivity contribution in [3.63, 3.8) is 0 Å². The fourth-order valence-electron chi connectivity index (χ4n) is 2.95. The Bertz CT molecular complexity index is 662. The Balaban J connectivity index is 1.86. The van der Waals surface area contributed by atoms with Gasteiger partial charge in [-0.1, -0.05) is 23.8 Å². The van der Waals surface area contributed by atoms with Gasteiger partial charge in [0.1, 0.15) is 0 Å². The minimum atomic E-state index is -3.13. The SMILES string of the molecule is CCS(=O)(=O)N1CCC(C(=O)NCc2ccc(C)cc2C)CC1. The number of nitrogens with zero attached hydrogens (tertiary/aromatic N) is 1. The molecule has 5 nitrogen and oxygen atoms in total. The van der Waals surface area contributed by atoms with Gasteiger partial charge in [0.2, 0.25) is 15.9 Å². The lowest BCUT2D eigenvalue weighted by Crippen LogP contribution is -2.43. The average Bonchev–Trinajstić information content (AvgIpc) is 2.54. The first kappa shape index (κ1) is 17.9. The third-order valence-electron chi connectivity index (χ3n) is 4.53. The van der Waals surface area contributed by atoms with Crippen LogP contribution in [0.1, 0.15) is 36.5 Å². The van der Waals surface area contributed by atoms with E-state index in [1.807, 2.05) is 26.0 Å². The number of hydrogen-bond donors (Lipinski definition) is 1. The molecule has 0 saturated carbocycles. The quantitative estimate of drug-likeness (QED) is 0.893. The summed E-state index contributed by atoms with van der Waals surface area (Å²) in [5, 5.41) is 2.99. The Kier molecular flexibility index (Phi) is 5.81. The summed E-state index contributed by atoms with van der Waals surface area (Å²) in [6.45, 7) is 7.15. The molecule has 1 heterocycles. The summed E-state index contributed by atoms with van der Waals surface area (Å²) < 4.78 is 25.2. The number of benzene rings is 1. The lowest BCUT2D eigenvalue weighted by Gasteiger charge is -2.30. The van der Waals surface area contributed by atoms with E-state index < -0.39 is 10.0 Å². The van der Waals surface area contributed by atoms with E-state index in [4.69, 9.17) is 0 Å². The summed E-state index contributed by atoms with van der Waals surface area (Å²) in [7, 11) is -3.13. The van der Waals surface area contributed by atoms with Crippen LogP contribution in [-0.4, -0.2) is 37.5 Å². The molecule has 1 N–H and O–H groups in total. The van der Waals surface area contributed by atoms with Crippen molar-refractivity contribution in [2.45, 2.75) is 40.2 Å². The summed E-state index contributed by atoms with van der Waals surface area (Å²) in [5.74, 6) is 0.0545. The molecule has 0 aliphatic carbocycles. The number of carbonyl (C=O) groups excluding carboxylic acids is 1. The summed E-state index contributed by atoms with van der Waals surface area (Å²) >= 11 is 0. The van der Waals surface area contributed by atoms with Crippen molar-refractivity contribution in [2.75, 3.05) is 18.8 Å². The first-order chi connectivity index (χ1) is 10.8. The topological polar surface area (TPSA) is 66.5 Å². The molecule has 0 unspecified atom stereocenters. The summed E-state index contributed by atoms with van der Waals surface area (Å²) in [6, 6.07) is 6.19. The van der Waals surface area contributed by atoms with Crippen LogP contribution in [0.2, 0.25) is 0 Å². The van der Waals surface area contributed by atoms with Gasteiger partial charge in [-0.25, -0.2) is 12.7 Å². The molecule has 1 amide bonds. The van der Waals surface area contributed by atoms with Gasteiger partial charge >= 0.3 is 0 Å². The zero-order valence-electron chi connectivity index (χ0n) is 14.1. The predicted molar refractivity (Wildman–Crippen MR) is 91.5 cm³/mol. The normalized spacial score (nSPS) is 17.2. The van der Waals surface area contributed by atoms with Crippen LogP contribution in [0.3, 0.4) is 0 Å². The molecule has 0 atom stereocenters. The van der Waals surface area contributed by atoms with Gasteiger partial charge in [0.25, 0.3) is 0 Å². The highest BCUT2D eigenvalue weighted by atomic mass is 32.2. The zero-order chi connectivity index (χ0) is 17.0. The van der Waals surface area contributed by atoms with Crippen molar-refractivity contribution in [3.05, 3.63) is 34.9 Å². The number of rotatable bonds is 5. The van der Waals surface area contributed by atoms with E-state index in [2.05, 4.69) is 11.4 Å². The minimum absolute atomic E-state index is 0.0264. The molecule has 1 fully saturated rings. The van der Waals surface area contributed by atoms with Crippen LogP contribution in [-0.2, 0) is 21.4 Å². The Morgan fingerprint density at radius 1 is 1.26 bits per heavy atom. The largest absolute Gasteiger partial charge is 0.352 e. The lowest BCUT2D eigenvalue weighted by atomic mass is 9.97. The van der Waals surface area contributed by atoms with Crippen LogP contribution in [0.15, 0.2) is 18.2 Å². The monoisotopic (exact) mass is 338 g/mol. The Morgan fingerprint density at radius 2 is 1.91 bits per heavy atom. The Hall–Kier alpha value is -1.40. The number of hydrogen-bond acceptors (Lipinski definition) is 3. The predicted octanol–water partition coefficient (Wildman–Crippen LogP) is 1.98. The van der Waals surface area contributed by atoms with E-state index in [0.29, 0.717) is 32.5 Å². The first-order valence-electron chi connectivity index (χ1n) is 8.15. The molecule has 1 aliphatic rings.